The van der Waals surface area contributed by atoms with Crippen LogP contribution in [0.2, 0.25) is 5.02 Å². The van der Waals surface area contributed by atoms with Gasteiger partial charge in [0.05, 0.1) is 17.3 Å². The van der Waals surface area contributed by atoms with E-state index in [1.807, 2.05) is 18.2 Å². The summed E-state index contributed by atoms with van der Waals surface area (Å²) in [6, 6.07) is 12.6. The van der Waals surface area contributed by atoms with E-state index in [1.165, 1.54) is 6.42 Å². The van der Waals surface area contributed by atoms with Gasteiger partial charge >= 0.3 is 0 Å². The molecule has 0 spiro atoms. The number of amides is 1. The van der Waals surface area contributed by atoms with Crippen molar-refractivity contribution in [2.24, 2.45) is 0 Å². The molecule has 0 atom stereocenters. The van der Waals surface area contributed by atoms with Gasteiger partial charge in [-0.3, -0.25) is 9.69 Å². The van der Waals surface area contributed by atoms with E-state index in [0.717, 1.165) is 37.3 Å². The van der Waals surface area contributed by atoms with E-state index in [-0.39, 0.29) is 5.91 Å². The molecule has 0 aliphatic carbocycles. The Labute approximate surface area is 175 Å². The molecule has 0 radical (unpaired) electrons. The zero-order valence-electron chi connectivity index (χ0n) is 15.5. The fourth-order valence-corrected chi connectivity index (χ4v) is 3.53. The molecule has 0 saturated carbocycles. The normalized spacial score (nSPS) is 14.3. The summed E-state index contributed by atoms with van der Waals surface area (Å²) in [4.78, 5) is 14.4. The van der Waals surface area contributed by atoms with Gasteiger partial charge in [0.25, 0.3) is 0 Å². The fourth-order valence-electron chi connectivity index (χ4n) is 3.06. The van der Waals surface area contributed by atoms with Crippen molar-refractivity contribution in [3.63, 3.8) is 0 Å². The van der Waals surface area contributed by atoms with Crippen LogP contribution in [0, 0.1) is 0 Å². The number of carbonyl (C=O) groups is 1. The largest absolute Gasteiger partial charge is 0.399 e. The number of hydrogen-bond acceptors (Lipinski definition) is 4. The molecule has 1 saturated heterocycles. The highest BCUT2D eigenvalue weighted by Gasteiger charge is 2.15. The van der Waals surface area contributed by atoms with E-state index in [4.69, 9.17) is 29.6 Å². The van der Waals surface area contributed by atoms with Crippen LogP contribution in [0.25, 0.3) is 0 Å². The van der Waals surface area contributed by atoms with Gasteiger partial charge in [-0.25, -0.2) is 0 Å². The molecule has 1 aliphatic heterocycles. The van der Waals surface area contributed by atoms with Crippen molar-refractivity contribution in [3.8, 4) is 0 Å². The third-order valence-electron chi connectivity index (χ3n) is 4.49. The van der Waals surface area contributed by atoms with E-state index < -0.39 is 0 Å². The first-order chi connectivity index (χ1) is 13.5. The predicted octanol–water partition coefficient (Wildman–Crippen LogP) is 4.16. The minimum Gasteiger partial charge on any atom is -0.399 e. The molecule has 1 amide bonds. The van der Waals surface area contributed by atoms with Gasteiger partial charge in [-0.15, -0.1) is 0 Å². The molecule has 3 rings (SSSR count). The van der Waals surface area contributed by atoms with Crippen LogP contribution in [0.15, 0.2) is 42.5 Å². The molecule has 2 aromatic rings. The van der Waals surface area contributed by atoms with Crippen LogP contribution >= 0.6 is 23.8 Å². The van der Waals surface area contributed by atoms with Crippen molar-refractivity contribution in [3.05, 3.63) is 47.5 Å². The fraction of sp³-hybridized carbons (Fsp3) is 0.300. The lowest BCUT2D eigenvalue weighted by Crippen LogP contribution is -2.36. The molecule has 5 N–H and O–H groups in total. The molecule has 0 unspecified atom stereocenters. The van der Waals surface area contributed by atoms with Gasteiger partial charge in [-0.1, -0.05) is 18.0 Å². The summed E-state index contributed by atoms with van der Waals surface area (Å²) in [7, 11) is 0. The number of benzene rings is 2. The highest BCUT2D eigenvalue weighted by atomic mass is 35.5. The number of piperidine rings is 1. The summed E-state index contributed by atoms with van der Waals surface area (Å²) < 4.78 is 0. The Morgan fingerprint density at radius 3 is 2.32 bits per heavy atom. The minimum absolute atomic E-state index is 0.0509. The standard InChI is InChI=1S/C20H24ClN5OS/c21-17-12-16(24-20(28)23-15-6-4-14(22)5-7-15)8-9-18(17)25-19(27)13-26-10-2-1-3-11-26/h4-9,12H,1-3,10-11,13,22H2,(H,25,27)(H2,23,24,28). The molecule has 1 heterocycles. The number of hydrogen-bond donors (Lipinski definition) is 4. The Bertz CT molecular complexity index is 837. The smallest absolute Gasteiger partial charge is 0.238 e. The maximum atomic E-state index is 12.3. The molecule has 148 valence electrons. The average Bonchev–Trinajstić information content (AvgIpc) is 2.66. The maximum absolute atomic E-state index is 12.3. The Balaban J connectivity index is 1.53. The van der Waals surface area contributed by atoms with Crippen molar-refractivity contribution in [1.29, 1.82) is 0 Å². The number of nitrogens with zero attached hydrogens (tertiary/aromatic N) is 1. The number of carbonyl (C=O) groups excluding carboxylic acids is 1. The number of halogens is 1. The third kappa shape index (κ3) is 6.09. The summed E-state index contributed by atoms with van der Waals surface area (Å²) in [5.41, 5.74) is 8.52. The van der Waals surface area contributed by atoms with Gasteiger partial charge in [-0.05, 0) is 80.6 Å². The molecule has 0 bridgehead atoms. The van der Waals surface area contributed by atoms with E-state index >= 15 is 0 Å². The van der Waals surface area contributed by atoms with Crippen molar-refractivity contribution < 1.29 is 4.79 Å². The van der Waals surface area contributed by atoms with Crippen molar-refractivity contribution in [2.75, 3.05) is 41.3 Å². The van der Waals surface area contributed by atoms with Crippen LogP contribution in [0.3, 0.4) is 0 Å². The second kappa shape index (κ2) is 9.73. The van der Waals surface area contributed by atoms with Crippen LogP contribution in [0.5, 0.6) is 0 Å². The molecule has 8 heteroatoms. The summed E-state index contributed by atoms with van der Waals surface area (Å²) in [5, 5.41) is 9.92. The molecule has 2 aromatic carbocycles. The number of thiocarbonyl (C=S) groups is 1. The molecule has 1 aliphatic rings. The van der Waals surface area contributed by atoms with Crippen LogP contribution in [0.4, 0.5) is 22.7 Å². The first kappa shape index (κ1) is 20.4. The van der Waals surface area contributed by atoms with Crippen LogP contribution < -0.4 is 21.7 Å². The van der Waals surface area contributed by atoms with Crippen LogP contribution in [0.1, 0.15) is 19.3 Å². The summed E-state index contributed by atoms with van der Waals surface area (Å²) in [5.74, 6) is -0.0509. The maximum Gasteiger partial charge on any atom is 0.238 e. The minimum atomic E-state index is -0.0509. The van der Waals surface area contributed by atoms with Crippen molar-refractivity contribution >= 4 is 57.6 Å². The number of nitrogen functional groups attached to an aromatic ring is 1. The molecule has 1 fully saturated rings. The second-order valence-electron chi connectivity index (χ2n) is 6.78. The number of nitrogens with two attached hydrogens (primary N) is 1. The Kier molecular flexibility index (Phi) is 7.08. The van der Waals surface area contributed by atoms with E-state index in [0.29, 0.717) is 28.1 Å². The highest BCUT2D eigenvalue weighted by Crippen LogP contribution is 2.26. The number of rotatable bonds is 5. The van der Waals surface area contributed by atoms with Gasteiger partial charge in [0.1, 0.15) is 0 Å². The topological polar surface area (TPSA) is 82.4 Å². The van der Waals surface area contributed by atoms with E-state index in [9.17, 15) is 4.79 Å². The Morgan fingerprint density at radius 1 is 1.00 bits per heavy atom. The van der Waals surface area contributed by atoms with Crippen LogP contribution in [-0.2, 0) is 4.79 Å². The second-order valence-corrected chi connectivity index (χ2v) is 7.60. The number of likely N-dealkylation sites (tertiary alicyclic amines) is 1. The lowest BCUT2D eigenvalue weighted by molar-refractivity contribution is -0.117. The van der Waals surface area contributed by atoms with Gasteiger partial charge in [0.15, 0.2) is 5.11 Å². The molecule has 6 nitrogen and oxygen atoms in total. The van der Waals surface area contributed by atoms with Gasteiger partial charge in [-0.2, -0.15) is 0 Å². The van der Waals surface area contributed by atoms with Gasteiger partial charge < -0.3 is 21.7 Å². The number of anilines is 4. The SMILES string of the molecule is Nc1ccc(NC(=S)Nc2ccc(NC(=O)CN3CCCCC3)c(Cl)c2)cc1. The third-order valence-corrected chi connectivity index (χ3v) is 5.00. The zero-order valence-corrected chi connectivity index (χ0v) is 17.1. The van der Waals surface area contributed by atoms with Crippen LogP contribution in [-0.4, -0.2) is 35.6 Å². The summed E-state index contributed by atoms with van der Waals surface area (Å²) in [6.07, 6.45) is 3.55. The van der Waals surface area contributed by atoms with Crippen molar-refractivity contribution in [1.82, 2.24) is 4.90 Å². The van der Waals surface area contributed by atoms with Crippen molar-refractivity contribution in [2.45, 2.75) is 19.3 Å². The van der Waals surface area contributed by atoms with Gasteiger partial charge in [0.2, 0.25) is 5.91 Å². The van der Waals surface area contributed by atoms with E-state index in [1.54, 1.807) is 24.3 Å². The van der Waals surface area contributed by atoms with Gasteiger partial charge in [0, 0.05) is 17.1 Å². The summed E-state index contributed by atoms with van der Waals surface area (Å²) in [6.45, 7) is 2.34. The first-order valence-corrected chi connectivity index (χ1v) is 10.0. The lowest BCUT2D eigenvalue weighted by Gasteiger charge is -2.25. The monoisotopic (exact) mass is 417 g/mol. The zero-order chi connectivity index (χ0) is 19.9. The Hall–Kier alpha value is -2.35. The van der Waals surface area contributed by atoms with E-state index in [2.05, 4.69) is 20.9 Å². The predicted molar refractivity (Wildman–Crippen MR) is 121 cm³/mol. The average molecular weight is 418 g/mol. The molecule has 28 heavy (non-hydrogen) atoms. The lowest BCUT2D eigenvalue weighted by atomic mass is 10.1. The first-order valence-electron chi connectivity index (χ1n) is 9.25. The molecular weight excluding hydrogens is 394 g/mol. The molecule has 0 aromatic heterocycles. The number of nitrogens with one attached hydrogen (secondary N) is 3. The molecular formula is C20H24ClN5OS. The quantitative estimate of drug-likeness (QED) is 0.432. The highest BCUT2D eigenvalue weighted by molar-refractivity contribution is 7.80. The summed E-state index contributed by atoms with van der Waals surface area (Å²) >= 11 is 11.6. The Morgan fingerprint density at radius 2 is 1.64 bits per heavy atom.